The number of hydrogen-bond acceptors (Lipinski definition) is 2. The molecule has 0 heterocycles. The van der Waals surface area contributed by atoms with Crippen LogP contribution in [0.4, 0.5) is 0 Å². The third-order valence-corrected chi connectivity index (χ3v) is 2.72. The van der Waals surface area contributed by atoms with Crippen molar-refractivity contribution in [1.82, 2.24) is 0 Å². The van der Waals surface area contributed by atoms with E-state index in [1.54, 1.807) is 11.8 Å². The van der Waals surface area contributed by atoms with Gasteiger partial charge in [0.1, 0.15) is 5.84 Å². The quantitative estimate of drug-likeness (QED) is 0.477. The van der Waals surface area contributed by atoms with Gasteiger partial charge in [-0.05, 0) is 24.5 Å². The molecule has 0 aliphatic carbocycles. The van der Waals surface area contributed by atoms with E-state index < -0.39 is 0 Å². The third kappa shape index (κ3) is 2.01. The molecule has 2 nitrogen and oxygen atoms in total. The highest BCUT2D eigenvalue weighted by Gasteiger charge is 2.03. The molecule has 0 bridgehead atoms. The zero-order valence-electron chi connectivity index (χ0n) is 6.60. The van der Waals surface area contributed by atoms with Crippen LogP contribution in [0.25, 0.3) is 0 Å². The normalized spacial score (nSPS) is 9.83. The summed E-state index contributed by atoms with van der Waals surface area (Å²) in [5.41, 5.74) is 6.19. The minimum Gasteiger partial charge on any atom is -0.384 e. The maximum absolute atomic E-state index is 7.30. The third-order valence-electron chi connectivity index (χ3n) is 1.45. The Morgan fingerprint density at radius 2 is 2.25 bits per heavy atom. The fraction of sp³-hybridized carbons (Fsp3) is 0.125. The van der Waals surface area contributed by atoms with E-state index in [4.69, 9.17) is 11.1 Å². The van der Waals surface area contributed by atoms with Crippen LogP contribution in [0, 0.1) is 5.41 Å². The molecular formula is C8H9BrN2S. The van der Waals surface area contributed by atoms with Crippen LogP contribution in [0.5, 0.6) is 0 Å². The molecule has 0 aliphatic rings. The van der Waals surface area contributed by atoms with E-state index in [0.717, 1.165) is 14.9 Å². The van der Waals surface area contributed by atoms with Gasteiger partial charge in [0.05, 0.1) is 0 Å². The number of benzene rings is 1. The summed E-state index contributed by atoms with van der Waals surface area (Å²) < 4.78 is 1.01. The van der Waals surface area contributed by atoms with Crippen LogP contribution in [-0.2, 0) is 0 Å². The van der Waals surface area contributed by atoms with E-state index in [1.807, 2.05) is 24.5 Å². The van der Waals surface area contributed by atoms with Crippen LogP contribution in [0.3, 0.4) is 0 Å². The summed E-state index contributed by atoms with van der Waals surface area (Å²) in [5.74, 6) is 0.117. The summed E-state index contributed by atoms with van der Waals surface area (Å²) in [5, 5.41) is 7.30. The predicted octanol–water partition coefficient (Wildman–Crippen LogP) is 2.46. The summed E-state index contributed by atoms with van der Waals surface area (Å²) in [6.45, 7) is 0. The van der Waals surface area contributed by atoms with Crippen molar-refractivity contribution in [3.63, 3.8) is 0 Å². The molecule has 0 spiro atoms. The largest absolute Gasteiger partial charge is 0.384 e. The number of nitrogens with one attached hydrogen (secondary N) is 1. The van der Waals surface area contributed by atoms with E-state index in [1.165, 1.54) is 0 Å². The lowest BCUT2D eigenvalue weighted by Gasteiger charge is -2.04. The fourth-order valence-corrected chi connectivity index (χ4v) is 2.04. The Labute approximate surface area is 84.2 Å². The molecule has 0 atom stereocenters. The molecule has 0 saturated heterocycles. The van der Waals surface area contributed by atoms with Gasteiger partial charge in [-0.3, -0.25) is 5.41 Å². The van der Waals surface area contributed by atoms with Crippen molar-refractivity contribution < 1.29 is 0 Å². The molecule has 1 aromatic carbocycles. The minimum atomic E-state index is 0.117. The second-order valence-corrected chi connectivity index (χ2v) is 4.02. The molecular weight excluding hydrogens is 236 g/mol. The van der Waals surface area contributed by atoms with Crippen molar-refractivity contribution >= 4 is 33.5 Å². The van der Waals surface area contributed by atoms with Gasteiger partial charge in [-0.25, -0.2) is 0 Å². The molecule has 0 amide bonds. The number of halogens is 1. The molecule has 0 aromatic heterocycles. The van der Waals surface area contributed by atoms with Gasteiger partial charge >= 0.3 is 0 Å². The molecule has 1 aromatic rings. The Hall–Kier alpha value is -0.480. The van der Waals surface area contributed by atoms with Crippen molar-refractivity contribution in [2.24, 2.45) is 5.73 Å². The number of rotatable bonds is 2. The average molecular weight is 245 g/mol. The first-order valence-electron chi connectivity index (χ1n) is 3.33. The zero-order valence-corrected chi connectivity index (χ0v) is 9.00. The van der Waals surface area contributed by atoms with E-state index in [-0.39, 0.29) is 5.84 Å². The summed E-state index contributed by atoms with van der Waals surface area (Å²) in [6.07, 6.45) is 1.97. The highest BCUT2D eigenvalue weighted by atomic mass is 79.9. The highest BCUT2D eigenvalue weighted by molar-refractivity contribution is 9.10. The SMILES string of the molecule is CSc1cc(Br)ccc1C(=N)N. The summed E-state index contributed by atoms with van der Waals surface area (Å²) in [7, 11) is 0. The Balaban J connectivity index is 3.20. The van der Waals surface area contributed by atoms with Crippen LogP contribution in [0.15, 0.2) is 27.6 Å². The van der Waals surface area contributed by atoms with Crippen molar-refractivity contribution in [2.75, 3.05) is 6.26 Å². The first kappa shape index (κ1) is 9.61. The standard InChI is InChI=1S/C8H9BrN2S/c1-12-7-4-5(9)2-3-6(7)8(10)11/h2-4H,1H3,(H3,10,11). The Kier molecular flexibility index (Phi) is 3.17. The van der Waals surface area contributed by atoms with Gasteiger partial charge in [0.15, 0.2) is 0 Å². The van der Waals surface area contributed by atoms with Crippen molar-refractivity contribution in [3.8, 4) is 0 Å². The van der Waals surface area contributed by atoms with E-state index >= 15 is 0 Å². The van der Waals surface area contributed by atoms with Crippen molar-refractivity contribution in [2.45, 2.75) is 4.90 Å². The maximum Gasteiger partial charge on any atom is 0.123 e. The Morgan fingerprint density at radius 3 is 2.75 bits per heavy atom. The number of nitrogen functional groups attached to an aromatic ring is 1. The summed E-state index contributed by atoms with van der Waals surface area (Å²) in [6, 6.07) is 5.69. The molecule has 0 unspecified atom stereocenters. The van der Waals surface area contributed by atoms with E-state index in [0.29, 0.717) is 0 Å². The summed E-state index contributed by atoms with van der Waals surface area (Å²) >= 11 is 4.95. The maximum atomic E-state index is 7.30. The average Bonchev–Trinajstić information content (AvgIpc) is 2.03. The smallest absolute Gasteiger partial charge is 0.123 e. The van der Waals surface area contributed by atoms with Gasteiger partial charge in [0.2, 0.25) is 0 Å². The second kappa shape index (κ2) is 3.96. The lowest BCUT2D eigenvalue weighted by Crippen LogP contribution is -2.11. The molecule has 64 valence electrons. The summed E-state index contributed by atoms with van der Waals surface area (Å²) in [4.78, 5) is 1.02. The second-order valence-electron chi connectivity index (χ2n) is 2.26. The topological polar surface area (TPSA) is 49.9 Å². The lowest BCUT2D eigenvalue weighted by atomic mass is 10.2. The first-order valence-corrected chi connectivity index (χ1v) is 5.35. The highest BCUT2D eigenvalue weighted by Crippen LogP contribution is 2.23. The predicted molar refractivity (Wildman–Crippen MR) is 56.9 cm³/mol. The number of thioether (sulfide) groups is 1. The molecule has 1 rings (SSSR count). The first-order chi connectivity index (χ1) is 5.65. The molecule has 12 heavy (non-hydrogen) atoms. The number of hydrogen-bond donors (Lipinski definition) is 2. The Bertz CT molecular complexity index is 312. The molecule has 4 heteroatoms. The van der Waals surface area contributed by atoms with Crippen LogP contribution in [-0.4, -0.2) is 12.1 Å². The molecule has 0 saturated carbocycles. The van der Waals surface area contributed by atoms with Crippen molar-refractivity contribution in [1.29, 1.82) is 5.41 Å². The zero-order chi connectivity index (χ0) is 9.14. The van der Waals surface area contributed by atoms with Gasteiger partial charge < -0.3 is 5.73 Å². The fourth-order valence-electron chi connectivity index (χ4n) is 0.888. The van der Waals surface area contributed by atoms with Gasteiger partial charge in [-0.15, -0.1) is 11.8 Å². The lowest BCUT2D eigenvalue weighted by molar-refractivity contribution is 1.33. The van der Waals surface area contributed by atoms with E-state index in [2.05, 4.69) is 15.9 Å². The molecule has 0 aliphatic heterocycles. The van der Waals surface area contributed by atoms with Crippen LogP contribution >= 0.6 is 27.7 Å². The number of amidine groups is 1. The van der Waals surface area contributed by atoms with Gasteiger partial charge in [0, 0.05) is 14.9 Å². The van der Waals surface area contributed by atoms with Gasteiger partial charge in [0.25, 0.3) is 0 Å². The van der Waals surface area contributed by atoms with Crippen molar-refractivity contribution in [3.05, 3.63) is 28.2 Å². The molecule has 0 radical (unpaired) electrons. The van der Waals surface area contributed by atoms with Gasteiger partial charge in [-0.2, -0.15) is 0 Å². The van der Waals surface area contributed by atoms with Crippen LogP contribution in [0.2, 0.25) is 0 Å². The monoisotopic (exact) mass is 244 g/mol. The van der Waals surface area contributed by atoms with Crippen LogP contribution in [0.1, 0.15) is 5.56 Å². The number of nitrogens with two attached hydrogens (primary N) is 1. The minimum absolute atomic E-state index is 0.117. The van der Waals surface area contributed by atoms with Gasteiger partial charge in [-0.1, -0.05) is 15.9 Å². The molecule has 3 N–H and O–H groups in total. The Morgan fingerprint density at radius 1 is 1.58 bits per heavy atom. The van der Waals surface area contributed by atoms with E-state index in [9.17, 15) is 0 Å². The van der Waals surface area contributed by atoms with Crippen LogP contribution < -0.4 is 5.73 Å². The molecule has 0 fully saturated rings.